The zero-order valence-electron chi connectivity index (χ0n) is 16.7. The van der Waals surface area contributed by atoms with E-state index in [0.29, 0.717) is 50.3 Å². The Hall–Kier alpha value is -2.27. The maximum Gasteiger partial charge on any atom is 0.252 e. The fraction of sp³-hybridized carbons (Fsp3) is 0.500. The molecule has 0 aliphatic carbocycles. The van der Waals surface area contributed by atoms with Crippen LogP contribution in [0.3, 0.4) is 0 Å². The standard InChI is InChI=1S/C20H26N4O5S/c25-19-14-17(20(26)21-5-8-23-9-11-29-12-10-23)16-13-15(3-4-18(16)22-19)30(27,28)24-6-1-2-7-24/h3-4,13-14H,1-2,5-12H2,(H,21,26)(H,22,25). The van der Waals surface area contributed by atoms with Crippen LogP contribution in [0.15, 0.2) is 34.0 Å². The van der Waals surface area contributed by atoms with Crippen molar-refractivity contribution < 1.29 is 17.9 Å². The van der Waals surface area contributed by atoms with E-state index in [1.165, 1.54) is 22.5 Å². The SMILES string of the molecule is O=C(NCCN1CCOCC1)c1cc(=O)[nH]c2ccc(S(=O)(=O)N3CCCC3)cc12. The highest BCUT2D eigenvalue weighted by molar-refractivity contribution is 7.89. The summed E-state index contributed by atoms with van der Waals surface area (Å²) in [5, 5.41) is 3.26. The molecule has 2 aliphatic heterocycles. The maximum absolute atomic E-state index is 12.9. The molecule has 2 N–H and O–H groups in total. The first-order valence-corrected chi connectivity index (χ1v) is 11.6. The van der Waals surface area contributed by atoms with Crippen molar-refractivity contribution in [2.24, 2.45) is 0 Å². The molecule has 10 heteroatoms. The van der Waals surface area contributed by atoms with Crippen molar-refractivity contribution in [2.75, 3.05) is 52.5 Å². The molecule has 0 atom stereocenters. The van der Waals surface area contributed by atoms with Crippen molar-refractivity contribution in [3.8, 4) is 0 Å². The predicted octanol–water partition coefficient (Wildman–Crippen LogP) is 0.375. The molecule has 0 unspecified atom stereocenters. The fourth-order valence-corrected chi connectivity index (χ4v) is 5.45. The molecular weight excluding hydrogens is 408 g/mol. The molecule has 0 bridgehead atoms. The molecule has 2 aliphatic rings. The number of hydrogen-bond donors (Lipinski definition) is 2. The summed E-state index contributed by atoms with van der Waals surface area (Å²) in [5.41, 5.74) is 0.200. The number of pyridine rings is 1. The van der Waals surface area contributed by atoms with Crippen LogP contribution in [0.4, 0.5) is 0 Å². The number of ether oxygens (including phenoxy) is 1. The van der Waals surface area contributed by atoms with Gasteiger partial charge in [-0.25, -0.2) is 8.42 Å². The van der Waals surface area contributed by atoms with Crippen LogP contribution in [-0.2, 0) is 14.8 Å². The van der Waals surface area contributed by atoms with E-state index in [4.69, 9.17) is 4.74 Å². The molecule has 2 fully saturated rings. The Kier molecular flexibility index (Phi) is 6.19. The highest BCUT2D eigenvalue weighted by Gasteiger charge is 2.27. The van der Waals surface area contributed by atoms with Gasteiger partial charge >= 0.3 is 0 Å². The summed E-state index contributed by atoms with van der Waals surface area (Å²) in [7, 11) is -3.62. The second kappa shape index (κ2) is 8.84. The van der Waals surface area contributed by atoms with Gasteiger partial charge in [0.15, 0.2) is 0 Å². The van der Waals surface area contributed by atoms with Crippen molar-refractivity contribution in [1.29, 1.82) is 0 Å². The second-order valence-electron chi connectivity index (χ2n) is 7.58. The van der Waals surface area contributed by atoms with Gasteiger partial charge in [-0.05, 0) is 31.0 Å². The summed E-state index contributed by atoms with van der Waals surface area (Å²) in [6.45, 7) is 5.12. The number of aromatic amines is 1. The number of rotatable bonds is 6. The number of nitrogens with zero attached hydrogens (tertiary/aromatic N) is 2. The Balaban J connectivity index is 1.58. The van der Waals surface area contributed by atoms with Crippen molar-refractivity contribution >= 4 is 26.8 Å². The average Bonchev–Trinajstić information content (AvgIpc) is 3.29. The molecule has 3 heterocycles. The number of nitrogens with one attached hydrogen (secondary N) is 2. The first-order valence-electron chi connectivity index (χ1n) is 10.2. The van der Waals surface area contributed by atoms with Gasteiger partial charge in [0, 0.05) is 56.2 Å². The van der Waals surface area contributed by atoms with Gasteiger partial charge in [0.2, 0.25) is 15.6 Å². The lowest BCUT2D eigenvalue weighted by atomic mass is 10.1. The summed E-state index contributed by atoms with van der Waals surface area (Å²) in [6.07, 6.45) is 1.69. The van der Waals surface area contributed by atoms with Crippen LogP contribution in [0, 0.1) is 0 Å². The normalized spacial score (nSPS) is 18.7. The summed E-state index contributed by atoms with van der Waals surface area (Å²) in [4.78, 5) is 29.8. The quantitative estimate of drug-likeness (QED) is 0.680. The van der Waals surface area contributed by atoms with E-state index in [-0.39, 0.29) is 10.5 Å². The predicted molar refractivity (Wildman–Crippen MR) is 112 cm³/mol. The number of hydrogen-bond acceptors (Lipinski definition) is 6. The Labute approximate surface area is 175 Å². The van der Waals surface area contributed by atoms with Crippen LogP contribution in [0.5, 0.6) is 0 Å². The van der Waals surface area contributed by atoms with Crippen LogP contribution in [0.1, 0.15) is 23.2 Å². The van der Waals surface area contributed by atoms with E-state index in [9.17, 15) is 18.0 Å². The van der Waals surface area contributed by atoms with Crippen LogP contribution in [0.2, 0.25) is 0 Å². The zero-order valence-corrected chi connectivity index (χ0v) is 17.5. The number of H-pyrrole nitrogens is 1. The van der Waals surface area contributed by atoms with Crippen LogP contribution < -0.4 is 10.9 Å². The minimum absolute atomic E-state index is 0.131. The monoisotopic (exact) mass is 434 g/mol. The van der Waals surface area contributed by atoms with Gasteiger partial charge in [-0.3, -0.25) is 14.5 Å². The lowest BCUT2D eigenvalue weighted by Gasteiger charge is -2.26. The second-order valence-corrected chi connectivity index (χ2v) is 9.51. The van der Waals surface area contributed by atoms with E-state index in [1.54, 1.807) is 6.07 Å². The number of fused-ring (bicyclic) bond motifs is 1. The number of carbonyl (C=O) groups excluding carboxylic acids is 1. The molecule has 1 aromatic carbocycles. The average molecular weight is 435 g/mol. The first-order chi connectivity index (χ1) is 14.4. The Bertz CT molecular complexity index is 1090. The van der Waals surface area contributed by atoms with E-state index in [1.807, 2.05) is 0 Å². The van der Waals surface area contributed by atoms with Gasteiger partial charge in [0.25, 0.3) is 5.91 Å². The molecule has 2 saturated heterocycles. The summed E-state index contributed by atoms with van der Waals surface area (Å²) < 4.78 is 32.6. The largest absolute Gasteiger partial charge is 0.379 e. The molecule has 2 aromatic rings. The third-order valence-corrected chi connectivity index (χ3v) is 7.47. The van der Waals surface area contributed by atoms with E-state index in [0.717, 1.165) is 25.9 Å². The van der Waals surface area contributed by atoms with Crippen molar-refractivity contribution in [1.82, 2.24) is 19.5 Å². The third kappa shape index (κ3) is 4.41. The fourth-order valence-electron chi connectivity index (χ4n) is 3.91. The topological polar surface area (TPSA) is 112 Å². The Morgan fingerprint density at radius 3 is 2.57 bits per heavy atom. The molecule has 162 valence electrons. The van der Waals surface area contributed by atoms with E-state index < -0.39 is 21.5 Å². The minimum Gasteiger partial charge on any atom is -0.379 e. The molecule has 1 aromatic heterocycles. The number of morpholine rings is 1. The molecule has 0 spiro atoms. The van der Waals surface area contributed by atoms with Crippen molar-refractivity contribution in [3.05, 3.63) is 40.2 Å². The van der Waals surface area contributed by atoms with Gasteiger partial charge in [-0.2, -0.15) is 4.31 Å². The zero-order chi connectivity index (χ0) is 21.1. The first kappa shape index (κ1) is 21.0. The molecule has 1 amide bonds. The number of sulfonamides is 1. The number of aromatic nitrogens is 1. The summed E-state index contributed by atoms with van der Waals surface area (Å²) in [5.74, 6) is -0.393. The van der Waals surface area contributed by atoms with Crippen LogP contribution in [0.25, 0.3) is 10.9 Å². The van der Waals surface area contributed by atoms with Crippen LogP contribution in [-0.4, -0.2) is 81.0 Å². The van der Waals surface area contributed by atoms with Gasteiger partial charge in [0.1, 0.15) is 0 Å². The molecular formula is C20H26N4O5S. The summed E-state index contributed by atoms with van der Waals surface area (Å²) in [6, 6.07) is 5.73. The Morgan fingerprint density at radius 1 is 1.10 bits per heavy atom. The van der Waals surface area contributed by atoms with Gasteiger partial charge < -0.3 is 15.0 Å². The molecule has 0 saturated carbocycles. The van der Waals surface area contributed by atoms with Gasteiger partial charge in [0.05, 0.1) is 23.7 Å². The Morgan fingerprint density at radius 2 is 1.83 bits per heavy atom. The number of carbonyl (C=O) groups is 1. The maximum atomic E-state index is 12.9. The highest BCUT2D eigenvalue weighted by atomic mass is 32.2. The lowest BCUT2D eigenvalue weighted by Crippen LogP contribution is -2.41. The van der Waals surface area contributed by atoms with Crippen molar-refractivity contribution in [2.45, 2.75) is 17.7 Å². The number of amides is 1. The smallest absolute Gasteiger partial charge is 0.252 e. The van der Waals surface area contributed by atoms with Gasteiger partial charge in [-0.1, -0.05) is 0 Å². The highest BCUT2D eigenvalue weighted by Crippen LogP contribution is 2.25. The van der Waals surface area contributed by atoms with E-state index in [2.05, 4.69) is 15.2 Å². The summed E-state index contributed by atoms with van der Waals surface area (Å²) >= 11 is 0. The molecule has 9 nitrogen and oxygen atoms in total. The van der Waals surface area contributed by atoms with Crippen LogP contribution >= 0.6 is 0 Å². The minimum atomic E-state index is -3.62. The lowest BCUT2D eigenvalue weighted by molar-refractivity contribution is 0.0383. The van der Waals surface area contributed by atoms with Crippen molar-refractivity contribution in [3.63, 3.8) is 0 Å². The third-order valence-electron chi connectivity index (χ3n) is 5.58. The molecule has 4 rings (SSSR count). The number of benzene rings is 1. The van der Waals surface area contributed by atoms with Gasteiger partial charge in [-0.15, -0.1) is 0 Å². The van der Waals surface area contributed by atoms with E-state index >= 15 is 0 Å². The molecule has 0 radical (unpaired) electrons. The molecule has 30 heavy (non-hydrogen) atoms.